The first-order chi connectivity index (χ1) is 9.74. The van der Waals surface area contributed by atoms with E-state index < -0.39 is 10.0 Å². The van der Waals surface area contributed by atoms with Gasteiger partial charge in [0.15, 0.2) is 0 Å². The third kappa shape index (κ3) is 3.97. The van der Waals surface area contributed by atoms with Gasteiger partial charge in [0.2, 0.25) is 10.0 Å². The van der Waals surface area contributed by atoms with Gasteiger partial charge in [0.05, 0.1) is 15.5 Å². The van der Waals surface area contributed by atoms with Crippen molar-refractivity contribution < 1.29 is 13.2 Å². The maximum absolute atomic E-state index is 12.5. The summed E-state index contributed by atoms with van der Waals surface area (Å²) >= 11 is 9.19. The van der Waals surface area contributed by atoms with Crippen LogP contribution in [0.1, 0.15) is 30.1 Å². The lowest BCUT2D eigenvalue weighted by Gasteiger charge is -2.21. The molecule has 0 aliphatic heterocycles. The van der Waals surface area contributed by atoms with Crippen molar-refractivity contribution in [2.24, 2.45) is 11.1 Å². The molecule has 1 aliphatic carbocycles. The Morgan fingerprint density at radius 2 is 2.10 bits per heavy atom. The Labute approximate surface area is 137 Å². The summed E-state index contributed by atoms with van der Waals surface area (Å²) in [6.07, 6.45) is 2.25. The van der Waals surface area contributed by atoms with Crippen molar-refractivity contribution in [3.8, 4) is 0 Å². The maximum atomic E-state index is 12.5. The number of sulfonamides is 1. The van der Waals surface area contributed by atoms with Gasteiger partial charge < -0.3 is 4.90 Å². The first-order valence-electron chi connectivity index (χ1n) is 6.55. The lowest BCUT2D eigenvalue weighted by atomic mass is 10.2. The number of carbonyl (C=O) groups excluding carboxylic acids is 1. The molecule has 1 fully saturated rings. The molecule has 1 amide bonds. The Balaban J connectivity index is 2.39. The summed E-state index contributed by atoms with van der Waals surface area (Å²) < 4.78 is 23.3. The van der Waals surface area contributed by atoms with Gasteiger partial charge in [-0.15, -0.1) is 0 Å². The van der Waals surface area contributed by atoms with E-state index >= 15 is 0 Å². The Morgan fingerprint density at radius 1 is 1.48 bits per heavy atom. The second kappa shape index (κ2) is 6.24. The van der Waals surface area contributed by atoms with Gasteiger partial charge in [-0.3, -0.25) is 4.79 Å². The lowest BCUT2D eigenvalue weighted by Crippen LogP contribution is -2.33. The number of carbonyl (C=O) groups is 1. The highest BCUT2D eigenvalue weighted by Crippen LogP contribution is 2.32. The first kappa shape index (κ1) is 16.7. The van der Waals surface area contributed by atoms with Crippen LogP contribution in [0.3, 0.4) is 0 Å². The van der Waals surface area contributed by atoms with E-state index in [9.17, 15) is 13.2 Å². The summed E-state index contributed by atoms with van der Waals surface area (Å²) in [5, 5.41) is 5.35. The van der Waals surface area contributed by atoms with Gasteiger partial charge in [-0.05, 0) is 53.7 Å². The van der Waals surface area contributed by atoms with Crippen molar-refractivity contribution in [2.45, 2.75) is 24.7 Å². The molecule has 0 aromatic heterocycles. The first-order valence-corrected chi connectivity index (χ1v) is 9.27. The molecule has 2 rings (SSSR count). The largest absolute Gasteiger partial charge is 0.339 e. The zero-order valence-corrected chi connectivity index (χ0v) is 14.6. The van der Waals surface area contributed by atoms with Crippen LogP contribution >= 0.6 is 27.5 Å². The van der Waals surface area contributed by atoms with Gasteiger partial charge in [0, 0.05) is 17.6 Å². The Kier molecular flexibility index (Phi) is 4.97. The number of rotatable bonds is 5. The van der Waals surface area contributed by atoms with Crippen LogP contribution in [0.4, 0.5) is 0 Å². The normalized spacial score (nSPS) is 15.0. The molecular weight excluding hydrogens is 380 g/mol. The third-order valence-corrected chi connectivity index (χ3v) is 5.59. The van der Waals surface area contributed by atoms with Crippen LogP contribution in [0.5, 0.6) is 0 Å². The van der Waals surface area contributed by atoms with E-state index in [0.717, 1.165) is 12.8 Å². The zero-order valence-electron chi connectivity index (χ0n) is 11.5. The molecule has 0 radical (unpaired) electrons. The van der Waals surface area contributed by atoms with Gasteiger partial charge in [-0.2, -0.15) is 0 Å². The topological polar surface area (TPSA) is 80.5 Å². The third-order valence-electron chi connectivity index (χ3n) is 3.40. The molecule has 0 bridgehead atoms. The predicted molar refractivity (Wildman–Crippen MR) is 84.8 cm³/mol. The highest BCUT2D eigenvalue weighted by molar-refractivity contribution is 9.10. The second-order valence-electron chi connectivity index (χ2n) is 5.09. The molecule has 0 spiro atoms. The van der Waals surface area contributed by atoms with Crippen LogP contribution in [0, 0.1) is 5.92 Å². The van der Waals surface area contributed by atoms with Crippen LogP contribution in [0.15, 0.2) is 21.5 Å². The Hall–Kier alpha value is -0.630. The molecule has 0 heterocycles. The van der Waals surface area contributed by atoms with Crippen molar-refractivity contribution >= 4 is 43.5 Å². The molecule has 0 saturated heterocycles. The molecule has 1 aliphatic rings. The van der Waals surface area contributed by atoms with E-state index in [1.807, 2.05) is 6.92 Å². The van der Waals surface area contributed by atoms with E-state index in [1.165, 1.54) is 12.1 Å². The van der Waals surface area contributed by atoms with E-state index in [-0.39, 0.29) is 25.9 Å². The van der Waals surface area contributed by atoms with Crippen LogP contribution in [-0.4, -0.2) is 32.3 Å². The van der Waals surface area contributed by atoms with Crippen molar-refractivity contribution in [3.63, 3.8) is 0 Å². The van der Waals surface area contributed by atoms with Crippen molar-refractivity contribution in [1.29, 1.82) is 0 Å². The quantitative estimate of drug-likeness (QED) is 0.832. The standard InChI is InChI=1S/C13H16BrClN2O3S/c1-2-17(7-8-3-4-8)13(18)9-5-12(21(16,19)20)10(14)6-11(9)15/h5-6,8H,2-4,7H2,1H3,(H2,16,19,20). The van der Waals surface area contributed by atoms with Crippen molar-refractivity contribution in [2.75, 3.05) is 13.1 Å². The molecule has 21 heavy (non-hydrogen) atoms. The highest BCUT2D eigenvalue weighted by atomic mass is 79.9. The fourth-order valence-electron chi connectivity index (χ4n) is 2.05. The minimum Gasteiger partial charge on any atom is -0.339 e. The van der Waals surface area contributed by atoms with Gasteiger partial charge in [0.25, 0.3) is 5.91 Å². The SMILES string of the molecule is CCN(CC1CC1)C(=O)c1cc(S(N)(=O)=O)c(Br)cc1Cl. The summed E-state index contributed by atoms with van der Waals surface area (Å²) in [6, 6.07) is 2.62. The fourth-order valence-corrected chi connectivity index (χ4v) is 4.06. The number of hydrogen-bond acceptors (Lipinski definition) is 3. The monoisotopic (exact) mass is 394 g/mol. The number of nitrogens with zero attached hydrogens (tertiary/aromatic N) is 1. The summed E-state index contributed by atoms with van der Waals surface area (Å²) in [5.41, 5.74) is 0.159. The summed E-state index contributed by atoms with van der Waals surface area (Å²) in [5.74, 6) is 0.271. The van der Waals surface area contributed by atoms with E-state index in [2.05, 4.69) is 15.9 Å². The van der Waals surface area contributed by atoms with Gasteiger partial charge in [0.1, 0.15) is 0 Å². The minimum atomic E-state index is -3.93. The van der Waals surface area contributed by atoms with Crippen LogP contribution < -0.4 is 5.14 Å². The average Bonchev–Trinajstić information content (AvgIpc) is 3.17. The maximum Gasteiger partial charge on any atom is 0.255 e. The van der Waals surface area contributed by atoms with Crippen LogP contribution in [0.25, 0.3) is 0 Å². The minimum absolute atomic E-state index is 0.141. The van der Waals surface area contributed by atoms with Gasteiger partial charge in [-0.1, -0.05) is 11.6 Å². The number of halogens is 2. The van der Waals surface area contributed by atoms with Gasteiger partial charge >= 0.3 is 0 Å². The smallest absolute Gasteiger partial charge is 0.255 e. The number of hydrogen-bond donors (Lipinski definition) is 1. The molecule has 1 aromatic carbocycles. The van der Waals surface area contributed by atoms with E-state index in [1.54, 1.807) is 4.90 Å². The molecule has 2 N–H and O–H groups in total. The molecule has 8 heteroatoms. The number of benzene rings is 1. The molecular formula is C13H16BrClN2O3S. The van der Waals surface area contributed by atoms with Gasteiger partial charge in [-0.25, -0.2) is 13.6 Å². The molecule has 1 saturated carbocycles. The molecule has 1 aromatic rings. The molecule has 116 valence electrons. The lowest BCUT2D eigenvalue weighted by molar-refractivity contribution is 0.0757. The summed E-state index contributed by atoms with van der Waals surface area (Å²) in [4.78, 5) is 14.1. The predicted octanol–water partition coefficient (Wildman–Crippen LogP) is 2.62. The summed E-state index contributed by atoms with van der Waals surface area (Å²) in [7, 11) is -3.93. The number of nitrogens with two attached hydrogens (primary N) is 1. The molecule has 0 atom stereocenters. The zero-order chi connectivity index (χ0) is 15.8. The fraction of sp³-hybridized carbons (Fsp3) is 0.462. The number of primary sulfonamides is 1. The second-order valence-corrected chi connectivity index (χ2v) is 7.89. The summed E-state index contributed by atoms with van der Waals surface area (Å²) in [6.45, 7) is 3.10. The van der Waals surface area contributed by atoms with Crippen LogP contribution in [0.2, 0.25) is 5.02 Å². The average molecular weight is 396 g/mol. The number of amides is 1. The van der Waals surface area contributed by atoms with Crippen molar-refractivity contribution in [3.05, 3.63) is 27.2 Å². The van der Waals surface area contributed by atoms with E-state index in [4.69, 9.17) is 16.7 Å². The Morgan fingerprint density at radius 3 is 2.57 bits per heavy atom. The highest BCUT2D eigenvalue weighted by Gasteiger charge is 2.28. The molecule has 0 unspecified atom stereocenters. The van der Waals surface area contributed by atoms with Crippen molar-refractivity contribution in [1.82, 2.24) is 4.90 Å². The van der Waals surface area contributed by atoms with E-state index in [0.29, 0.717) is 19.0 Å². The Bertz CT molecular complexity index is 674. The van der Waals surface area contributed by atoms with Crippen LogP contribution in [-0.2, 0) is 10.0 Å². The molecule has 5 nitrogen and oxygen atoms in total.